The minimum atomic E-state index is -1.42. The third kappa shape index (κ3) is 3.27. The van der Waals surface area contributed by atoms with Crippen molar-refractivity contribution in [3.05, 3.63) is 76.9 Å². The van der Waals surface area contributed by atoms with Gasteiger partial charge in [0.25, 0.3) is 11.8 Å². The Kier molecular flexibility index (Phi) is 5.12. The maximum absolute atomic E-state index is 14.1. The van der Waals surface area contributed by atoms with Gasteiger partial charge in [0.2, 0.25) is 5.54 Å². The summed E-state index contributed by atoms with van der Waals surface area (Å²) in [7, 11) is 0. The number of nitrogens with zero attached hydrogens (tertiary/aromatic N) is 4. The number of rotatable bonds is 2. The molecule has 1 atom stereocenters. The molecule has 0 N–H and O–H groups in total. The summed E-state index contributed by atoms with van der Waals surface area (Å²) < 4.78 is 0. The number of allylic oxidation sites excluding steroid dienone is 1. The molecule has 0 fully saturated rings. The molecule has 2 amide bonds. The van der Waals surface area contributed by atoms with Crippen LogP contribution in [-0.4, -0.2) is 28.7 Å². The van der Waals surface area contributed by atoms with E-state index in [2.05, 4.69) is 31.0 Å². The van der Waals surface area contributed by atoms with Gasteiger partial charge in [-0.3, -0.25) is 9.59 Å². The van der Waals surface area contributed by atoms with Crippen molar-refractivity contribution < 1.29 is 9.59 Å². The number of hydrogen-bond donors (Lipinski definition) is 0. The van der Waals surface area contributed by atoms with Gasteiger partial charge in [-0.1, -0.05) is 62.7 Å². The van der Waals surface area contributed by atoms with E-state index in [-0.39, 0.29) is 17.2 Å². The highest BCUT2D eigenvalue weighted by atomic mass is 16.2. The first-order valence-corrected chi connectivity index (χ1v) is 10.7. The van der Waals surface area contributed by atoms with Crippen LogP contribution in [0, 0.1) is 0 Å². The maximum atomic E-state index is 14.1. The summed E-state index contributed by atoms with van der Waals surface area (Å²) in [6, 6.07) is 15.3. The molecule has 6 nitrogen and oxygen atoms in total. The van der Waals surface area contributed by atoms with E-state index in [1.54, 1.807) is 13.1 Å². The monoisotopic (exact) mass is 428 g/mol. The van der Waals surface area contributed by atoms with E-state index in [1.165, 1.54) is 16.1 Å². The van der Waals surface area contributed by atoms with E-state index in [0.29, 0.717) is 17.0 Å². The molecule has 0 aromatic heterocycles. The van der Waals surface area contributed by atoms with Gasteiger partial charge in [0, 0.05) is 17.2 Å². The lowest BCUT2D eigenvalue weighted by Gasteiger charge is -2.39. The van der Waals surface area contributed by atoms with Crippen LogP contribution in [0.1, 0.15) is 58.2 Å². The van der Waals surface area contributed by atoms with Gasteiger partial charge in [-0.05, 0) is 43.9 Å². The smallest absolute Gasteiger partial charge is 0.269 e. The molecule has 2 aromatic rings. The van der Waals surface area contributed by atoms with Gasteiger partial charge in [-0.15, -0.1) is 0 Å². The minimum absolute atomic E-state index is 0.00144. The lowest BCUT2D eigenvalue weighted by Crippen LogP contribution is -2.58. The van der Waals surface area contributed by atoms with Crippen molar-refractivity contribution in [3.8, 4) is 0 Å². The van der Waals surface area contributed by atoms with Crippen LogP contribution < -0.4 is 5.01 Å². The largest absolute Gasteiger partial charge is 0.286 e. The van der Waals surface area contributed by atoms with Crippen molar-refractivity contribution in [1.29, 1.82) is 0 Å². The van der Waals surface area contributed by atoms with Crippen molar-refractivity contribution in [1.82, 2.24) is 5.01 Å². The molecular weight excluding hydrogens is 400 g/mol. The zero-order valence-electron chi connectivity index (χ0n) is 19.4. The zero-order chi connectivity index (χ0) is 23.3. The molecule has 2 aliphatic heterocycles. The fraction of sp³-hybridized carbons (Fsp3) is 0.308. The lowest BCUT2D eigenvalue weighted by atomic mass is 9.80. The maximum Gasteiger partial charge on any atom is 0.286 e. The Hall–Kier alpha value is -3.54. The van der Waals surface area contributed by atoms with Crippen LogP contribution in [0.25, 0.3) is 0 Å². The molecule has 0 bridgehead atoms. The van der Waals surface area contributed by atoms with Gasteiger partial charge in [0.15, 0.2) is 0 Å². The summed E-state index contributed by atoms with van der Waals surface area (Å²) in [6.45, 7) is 11.9. The van der Waals surface area contributed by atoms with Crippen LogP contribution in [0.2, 0.25) is 0 Å². The second-order valence-corrected chi connectivity index (χ2v) is 9.51. The summed E-state index contributed by atoms with van der Waals surface area (Å²) in [5.41, 5.74) is 3.22. The van der Waals surface area contributed by atoms with E-state index in [0.717, 1.165) is 16.7 Å². The Balaban J connectivity index is 1.85. The second kappa shape index (κ2) is 7.55. The van der Waals surface area contributed by atoms with Crippen LogP contribution in [0.5, 0.6) is 0 Å². The molecular formula is C26H28N4O2. The molecule has 0 saturated carbocycles. The van der Waals surface area contributed by atoms with Gasteiger partial charge in [0.1, 0.15) is 0 Å². The van der Waals surface area contributed by atoms with E-state index in [1.807, 2.05) is 62.4 Å². The lowest BCUT2D eigenvalue weighted by molar-refractivity contribution is -0.139. The van der Waals surface area contributed by atoms with Crippen molar-refractivity contribution in [2.75, 3.05) is 5.01 Å². The second-order valence-electron chi connectivity index (χ2n) is 9.51. The van der Waals surface area contributed by atoms with Crippen molar-refractivity contribution in [2.24, 2.45) is 10.2 Å². The van der Waals surface area contributed by atoms with Gasteiger partial charge in [-0.25, -0.2) is 5.01 Å². The fourth-order valence-corrected chi connectivity index (χ4v) is 4.20. The topological polar surface area (TPSA) is 65.3 Å². The Morgan fingerprint density at radius 3 is 2.31 bits per heavy atom. The molecule has 164 valence electrons. The zero-order valence-corrected chi connectivity index (χ0v) is 19.4. The Bertz CT molecular complexity index is 1180. The first kappa shape index (κ1) is 21.7. The van der Waals surface area contributed by atoms with Crippen LogP contribution in [0.15, 0.2) is 70.4 Å². The summed E-state index contributed by atoms with van der Waals surface area (Å²) in [6.07, 6.45) is 3.12. The SMILES string of the molecule is CC(C)=CC(=O)N1N=Cc2ccccc2C12C(=O)N(c1ccc(C(C)(C)C)cc1)N=C2C. The molecule has 4 rings (SSSR count). The highest BCUT2D eigenvalue weighted by Gasteiger charge is 2.59. The number of benzene rings is 2. The molecule has 0 saturated heterocycles. The number of hydrazone groups is 2. The number of carbonyl (C=O) groups excluding carboxylic acids is 2. The normalized spacial score (nSPS) is 19.8. The Morgan fingerprint density at radius 2 is 1.69 bits per heavy atom. The Labute approximate surface area is 188 Å². The highest BCUT2D eigenvalue weighted by molar-refractivity contribution is 6.25. The van der Waals surface area contributed by atoms with Crippen LogP contribution >= 0.6 is 0 Å². The van der Waals surface area contributed by atoms with E-state index >= 15 is 0 Å². The average molecular weight is 429 g/mol. The standard InChI is InChI=1S/C26H28N4O2/c1-17(2)15-23(31)30-26(22-10-8-7-9-19(22)16-27-30)18(3)28-29(24(26)32)21-13-11-20(12-14-21)25(4,5)6/h7-16H,1-6H3. The third-order valence-corrected chi connectivity index (χ3v) is 5.85. The van der Waals surface area contributed by atoms with Crippen molar-refractivity contribution in [3.63, 3.8) is 0 Å². The van der Waals surface area contributed by atoms with Gasteiger partial charge in [0.05, 0.1) is 17.6 Å². The molecule has 6 heteroatoms. The molecule has 0 aliphatic carbocycles. The number of hydrogen-bond acceptors (Lipinski definition) is 4. The first-order chi connectivity index (χ1) is 15.1. The minimum Gasteiger partial charge on any atom is -0.269 e. The van der Waals surface area contributed by atoms with Gasteiger partial charge in [-0.2, -0.15) is 15.2 Å². The quantitative estimate of drug-likeness (QED) is 0.648. The molecule has 0 radical (unpaired) electrons. The third-order valence-electron chi connectivity index (χ3n) is 5.85. The molecule has 32 heavy (non-hydrogen) atoms. The van der Waals surface area contributed by atoms with E-state index in [4.69, 9.17) is 0 Å². The molecule has 1 spiro atoms. The van der Waals surface area contributed by atoms with E-state index < -0.39 is 5.54 Å². The summed E-state index contributed by atoms with van der Waals surface area (Å²) in [5, 5.41) is 11.7. The number of carbonyl (C=O) groups is 2. The summed E-state index contributed by atoms with van der Waals surface area (Å²) in [4.78, 5) is 27.2. The number of amides is 2. The number of fused-ring (bicyclic) bond motifs is 2. The van der Waals surface area contributed by atoms with Crippen molar-refractivity contribution in [2.45, 2.75) is 52.5 Å². The summed E-state index contributed by atoms with van der Waals surface area (Å²) >= 11 is 0. The van der Waals surface area contributed by atoms with Crippen LogP contribution in [-0.2, 0) is 20.5 Å². The first-order valence-electron chi connectivity index (χ1n) is 10.7. The molecule has 2 aliphatic rings. The molecule has 1 unspecified atom stereocenters. The average Bonchev–Trinajstić information content (AvgIpc) is 2.99. The highest BCUT2D eigenvalue weighted by Crippen LogP contribution is 2.43. The molecule has 2 aromatic carbocycles. The number of anilines is 1. The van der Waals surface area contributed by atoms with Crippen LogP contribution in [0.3, 0.4) is 0 Å². The van der Waals surface area contributed by atoms with Gasteiger partial charge >= 0.3 is 0 Å². The summed E-state index contributed by atoms with van der Waals surface area (Å²) in [5.74, 6) is -0.679. The predicted octanol–water partition coefficient (Wildman–Crippen LogP) is 4.74. The molecule has 2 heterocycles. The van der Waals surface area contributed by atoms with Crippen LogP contribution in [0.4, 0.5) is 5.69 Å². The fourth-order valence-electron chi connectivity index (χ4n) is 4.20. The van der Waals surface area contributed by atoms with Crippen molar-refractivity contribution >= 4 is 29.4 Å². The predicted molar refractivity (Wildman–Crippen MR) is 128 cm³/mol. The van der Waals surface area contributed by atoms with Gasteiger partial charge < -0.3 is 0 Å². The Morgan fingerprint density at radius 1 is 1.03 bits per heavy atom. The van der Waals surface area contributed by atoms with E-state index in [9.17, 15) is 9.59 Å².